The van der Waals surface area contributed by atoms with E-state index in [1.165, 1.54) is 11.8 Å². The molecule has 0 fully saturated rings. The van der Waals surface area contributed by atoms with Crippen molar-refractivity contribution in [3.8, 4) is 0 Å². The van der Waals surface area contributed by atoms with Crippen LogP contribution in [-0.2, 0) is 0 Å². The van der Waals surface area contributed by atoms with Crippen molar-refractivity contribution in [2.45, 2.75) is 6.92 Å². The molecule has 0 aromatic heterocycles. The van der Waals surface area contributed by atoms with Crippen LogP contribution in [0, 0.1) is 0 Å². The largest absolute Gasteiger partial charge is 0.256 e. The third-order valence-corrected chi connectivity index (χ3v) is 3.26. The van der Waals surface area contributed by atoms with E-state index < -0.39 is 0 Å². The van der Waals surface area contributed by atoms with E-state index >= 15 is 0 Å². The number of amidine groups is 1. The number of hydrazone groups is 1. The highest BCUT2D eigenvalue weighted by molar-refractivity contribution is 8.13. The van der Waals surface area contributed by atoms with Gasteiger partial charge in [0.25, 0.3) is 0 Å². The van der Waals surface area contributed by atoms with Crippen LogP contribution in [0.1, 0.15) is 12.5 Å². The summed E-state index contributed by atoms with van der Waals surface area (Å²) in [4.78, 5) is 4.50. The fourth-order valence-corrected chi connectivity index (χ4v) is 1.95. The summed E-state index contributed by atoms with van der Waals surface area (Å²) in [5, 5.41) is 5.15. The van der Waals surface area contributed by atoms with Crippen LogP contribution in [0.3, 0.4) is 0 Å². The normalized spacial score (nSPS) is 12.3. The van der Waals surface area contributed by atoms with E-state index in [0.717, 1.165) is 22.1 Å². The van der Waals surface area contributed by atoms with Gasteiger partial charge in [0, 0.05) is 0 Å². The molecule has 0 bridgehead atoms. The molecule has 0 aliphatic rings. The summed E-state index contributed by atoms with van der Waals surface area (Å²) in [7, 11) is 0. The van der Waals surface area contributed by atoms with Crippen LogP contribution in [-0.4, -0.2) is 17.1 Å². The number of aliphatic imine (C=N–C) groups is 1. The fourth-order valence-electron chi connectivity index (χ4n) is 1.61. The van der Waals surface area contributed by atoms with Gasteiger partial charge in [-0.05, 0) is 30.9 Å². The van der Waals surface area contributed by atoms with Crippen molar-refractivity contribution < 1.29 is 0 Å². The standard InChI is InChI=1S/C16H17N3S/c1-13(14-9-5-3-6-10-14)18-19-16(20-2)17-15-11-7-4-8-12-15/h3-12H,1-2H3,(H,17,19). The Balaban J connectivity index is 2.10. The van der Waals surface area contributed by atoms with Crippen molar-refractivity contribution in [3.05, 3.63) is 66.2 Å². The molecular weight excluding hydrogens is 266 g/mol. The Labute approximate surface area is 123 Å². The summed E-state index contributed by atoms with van der Waals surface area (Å²) in [5.41, 5.74) is 5.96. The second-order valence-electron chi connectivity index (χ2n) is 4.13. The molecule has 0 spiro atoms. The quantitative estimate of drug-likeness (QED) is 0.524. The molecule has 0 amide bonds. The van der Waals surface area contributed by atoms with Gasteiger partial charge in [-0.1, -0.05) is 60.3 Å². The van der Waals surface area contributed by atoms with E-state index in [0.29, 0.717) is 0 Å². The average molecular weight is 283 g/mol. The number of nitrogens with zero attached hydrogens (tertiary/aromatic N) is 2. The fraction of sp³-hybridized carbons (Fsp3) is 0.125. The molecule has 1 N–H and O–H groups in total. The molecule has 0 aliphatic carbocycles. The van der Waals surface area contributed by atoms with Crippen molar-refractivity contribution >= 4 is 28.3 Å². The maximum atomic E-state index is 4.50. The molecule has 0 saturated heterocycles. The molecule has 0 heterocycles. The van der Waals surface area contributed by atoms with E-state index in [4.69, 9.17) is 0 Å². The van der Waals surface area contributed by atoms with Crippen molar-refractivity contribution in [2.75, 3.05) is 6.26 Å². The molecule has 0 atom stereocenters. The first kappa shape index (κ1) is 14.3. The van der Waals surface area contributed by atoms with E-state index in [1.54, 1.807) is 0 Å². The van der Waals surface area contributed by atoms with Gasteiger partial charge < -0.3 is 0 Å². The van der Waals surface area contributed by atoms with Crippen LogP contribution in [0.2, 0.25) is 0 Å². The molecule has 0 aliphatic heterocycles. The predicted octanol–water partition coefficient (Wildman–Crippen LogP) is 4.05. The van der Waals surface area contributed by atoms with Gasteiger partial charge in [-0.3, -0.25) is 5.43 Å². The lowest BCUT2D eigenvalue weighted by atomic mass is 10.1. The average Bonchev–Trinajstić information content (AvgIpc) is 2.53. The van der Waals surface area contributed by atoms with Crippen LogP contribution >= 0.6 is 11.8 Å². The first-order chi connectivity index (χ1) is 9.79. The van der Waals surface area contributed by atoms with Gasteiger partial charge in [-0.2, -0.15) is 5.10 Å². The first-order valence-corrected chi connectivity index (χ1v) is 7.55. The Kier molecular flexibility index (Phi) is 5.38. The van der Waals surface area contributed by atoms with E-state index in [-0.39, 0.29) is 0 Å². The zero-order valence-electron chi connectivity index (χ0n) is 11.6. The second-order valence-corrected chi connectivity index (χ2v) is 4.93. The molecule has 2 aromatic rings. The Bertz CT molecular complexity index is 592. The maximum absolute atomic E-state index is 4.50. The number of nitrogens with one attached hydrogen (secondary N) is 1. The van der Waals surface area contributed by atoms with Crippen LogP contribution in [0.25, 0.3) is 0 Å². The minimum atomic E-state index is 0.770. The summed E-state index contributed by atoms with van der Waals surface area (Å²) in [6.07, 6.45) is 1.97. The topological polar surface area (TPSA) is 36.8 Å². The summed E-state index contributed by atoms with van der Waals surface area (Å²) >= 11 is 1.53. The van der Waals surface area contributed by atoms with Crippen molar-refractivity contribution in [1.29, 1.82) is 0 Å². The number of hydrogen-bond acceptors (Lipinski definition) is 3. The zero-order valence-corrected chi connectivity index (χ0v) is 12.4. The molecule has 0 saturated carbocycles. The molecule has 0 radical (unpaired) electrons. The SMILES string of the molecule is CSC(=Nc1ccccc1)NN=C(C)c1ccccc1. The summed E-state index contributed by atoms with van der Waals surface area (Å²) < 4.78 is 0. The number of benzene rings is 2. The third kappa shape index (κ3) is 4.24. The highest BCUT2D eigenvalue weighted by Gasteiger charge is 1.98. The smallest absolute Gasteiger partial charge is 0.182 e. The van der Waals surface area contributed by atoms with Crippen molar-refractivity contribution in [3.63, 3.8) is 0 Å². The Morgan fingerprint density at radius 3 is 2.15 bits per heavy atom. The summed E-state index contributed by atoms with van der Waals surface area (Å²) in [6.45, 7) is 1.97. The monoisotopic (exact) mass is 283 g/mol. The lowest BCUT2D eigenvalue weighted by Gasteiger charge is -2.04. The van der Waals surface area contributed by atoms with Crippen LogP contribution in [0.5, 0.6) is 0 Å². The van der Waals surface area contributed by atoms with E-state index in [1.807, 2.05) is 73.8 Å². The number of para-hydroxylation sites is 1. The summed E-state index contributed by atoms with van der Waals surface area (Å²) in [6, 6.07) is 19.9. The lowest BCUT2D eigenvalue weighted by molar-refractivity contribution is 1.04. The minimum absolute atomic E-state index is 0.770. The van der Waals surface area contributed by atoms with E-state index in [9.17, 15) is 0 Å². The Morgan fingerprint density at radius 2 is 1.55 bits per heavy atom. The van der Waals surface area contributed by atoms with Crippen LogP contribution < -0.4 is 5.43 Å². The van der Waals surface area contributed by atoms with Crippen molar-refractivity contribution in [1.82, 2.24) is 5.43 Å². The van der Waals surface area contributed by atoms with Gasteiger partial charge in [0.15, 0.2) is 5.17 Å². The number of hydrogen-bond donors (Lipinski definition) is 1. The summed E-state index contributed by atoms with van der Waals surface area (Å²) in [5.74, 6) is 0. The Morgan fingerprint density at radius 1 is 0.950 bits per heavy atom. The predicted molar refractivity (Wildman–Crippen MR) is 88.8 cm³/mol. The van der Waals surface area contributed by atoms with Gasteiger partial charge in [-0.15, -0.1) is 0 Å². The second kappa shape index (κ2) is 7.50. The molecular formula is C16H17N3S. The molecule has 2 aromatic carbocycles. The maximum Gasteiger partial charge on any atom is 0.182 e. The van der Waals surface area contributed by atoms with Crippen molar-refractivity contribution in [2.24, 2.45) is 10.1 Å². The highest BCUT2D eigenvalue weighted by Crippen LogP contribution is 2.12. The van der Waals surface area contributed by atoms with E-state index in [2.05, 4.69) is 15.5 Å². The van der Waals surface area contributed by atoms with Gasteiger partial charge >= 0.3 is 0 Å². The molecule has 2 rings (SSSR count). The van der Waals surface area contributed by atoms with Gasteiger partial charge in [-0.25, -0.2) is 4.99 Å². The molecule has 102 valence electrons. The molecule has 3 nitrogen and oxygen atoms in total. The van der Waals surface area contributed by atoms with Gasteiger partial charge in [0.1, 0.15) is 0 Å². The molecule has 20 heavy (non-hydrogen) atoms. The number of rotatable bonds is 3. The minimum Gasteiger partial charge on any atom is -0.256 e. The lowest BCUT2D eigenvalue weighted by Crippen LogP contribution is -2.15. The third-order valence-electron chi connectivity index (χ3n) is 2.69. The Hall–Kier alpha value is -2.07. The number of thioether (sulfide) groups is 1. The molecule has 0 unspecified atom stereocenters. The molecule has 4 heteroatoms. The highest BCUT2D eigenvalue weighted by atomic mass is 32.2. The first-order valence-electron chi connectivity index (χ1n) is 6.33. The van der Waals surface area contributed by atoms with Gasteiger partial charge in [0.05, 0.1) is 11.4 Å². The van der Waals surface area contributed by atoms with Crippen LogP contribution in [0.4, 0.5) is 5.69 Å². The van der Waals surface area contributed by atoms with Crippen LogP contribution in [0.15, 0.2) is 70.8 Å². The van der Waals surface area contributed by atoms with Gasteiger partial charge in [0.2, 0.25) is 0 Å². The zero-order chi connectivity index (χ0) is 14.2.